The van der Waals surface area contributed by atoms with Gasteiger partial charge in [-0.05, 0) is 35.6 Å². The van der Waals surface area contributed by atoms with Crippen molar-refractivity contribution in [1.29, 1.82) is 0 Å². The van der Waals surface area contributed by atoms with Crippen molar-refractivity contribution in [1.82, 2.24) is 4.72 Å². The van der Waals surface area contributed by atoms with E-state index in [1.807, 2.05) is 0 Å². The maximum atomic E-state index is 12.4. The van der Waals surface area contributed by atoms with E-state index in [0.29, 0.717) is 10.7 Å². The van der Waals surface area contributed by atoms with Gasteiger partial charge in [-0.3, -0.25) is 4.79 Å². The number of carbonyl (C=O) groups is 1. The Morgan fingerprint density at radius 3 is 2.52 bits per heavy atom. The van der Waals surface area contributed by atoms with Gasteiger partial charge in [-0.1, -0.05) is 37.6 Å². The molecule has 1 aromatic carbocycles. The minimum absolute atomic E-state index is 0.179. The average molecular weight is 373 g/mol. The molecule has 0 spiro atoms. The van der Waals surface area contributed by atoms with E-state index >= 15 is 0 Å². The van der Waals surface area contributed by atoms with Gasteiger partial charge < -0.3 is 5.32 Å². The highest BCUT2D eigenvalue weighted by Crippen LogP contribution is 2.19. The lowest BCUT2D eigenvalue weighted by molar-refractivity contribution is -0.118. The third-order valence-electron chi connectivity index (χ3n) is 3.08. The van der Waals surface area contributed by atoms with Crippen molar-refractivity contribution in [3.8, 4) is 0 Å². The fraction of sp³-hybridized carbons (Fsp3) is 0.267. The first kappa shape index (κ1) is 17.9. The Morgan fingerprint density at radius 2 is 1.96 bits per heavy atom. The van der Waals surface area contributed by atoms with E-state index in [-0.39, 0.29) is 10.1 Å². The molecule has 0 radical (unpaired) electrons. The van der Waals surface area contributed by atoms with Crippen molar-refractivity contribution in [2.45, 2.75) is 24.1 Å². The third-order valence-corrected chi connectivity index (χ3v) is 6.16. The van der Waals surface area contributed by atoms with E-state index < -0.39 is 22.0 Å². The van der Waals surface area contributed by atoms with Gasteiger partial charge in [0.15, 0.2) is 0 Å². The molecule has 5 nitrogen and oxygen atoms in total. The molecule has 0 aliphatic carbocycles. The number of nitrogens with one attached hydrogen (secondary N) is 2. The molecule has 0 aliphatic heterocycles. The van der Waals surface area contributed by atoms with Crippen LogP contribution in [0.3, 0.4) is 0 Å². The van der Waals surface area contributed by atoms with Crippen LogP contribution in [0.4, 0.5) is 5.69 Å². The molecule has 0 fully saturated rings. The van der Waals surface area contributed by atoms with Gasteiger partial charge in [0.25, 0.3) is 10.0 Å². The van der Waals surface area contributed by atoms with E-state index in [0.717, 1.165) is 11.3 Å². The summed E-state index contributed by atoms with van der Waals surface area (Å²) in [5.74, 6) is -0.647. The number of halogens is 1. The van der Waals surface area contributed by atoms with Crippen LogP contribution in [-0.4, -0.2) is 20.4 Å². The highest BCUT2D eigenvalue weighted by molar-refractivity contribution is 7.91. The Morgan fingerprint density at radius 1 is 1.22 bits per heavy atom. The molecule has 1 atom stereocenters. The molecule has 2 rings (SSSR count). The van der Waals surface area contributed by atoms with E-state index in [1.165, 1.54) is 6.07 Å². The number of rotatable bonds is 6. The van der Waals surface area contributed by atoms with Crippen molar-refractivity contribution < 1.29 is 13.2 Å². The van der Waals surface area contributed by atoms with Crippen LogP contribution in [0.15, 0.2) is 46.0 Å². The molecule has 1 amide bonds. The number of hydrogen-bond donors (Lipinski definition) is 2. The van der Waals surface area contributed by atoms with Crippen LogP contribution in [0.1, 0.15) is 13.8 Å². The molecule has 0 saturated heterocycles. The summed E-state index contributed by atoms with van der Waals surface area (Å²) in [5, 5.41) is 4.85. The number of benzene rings is 1. The molecule has 1 aromatic heterocycles. The maximum Gasteiger partial charge on any atom is 0.250 e. The second-order valence-electron chi connectivity index (χ2n) is 5.27. The van der Waals surface area contributed by atoms with Crippen LogP contribution in [0, 0.1) is 5.92 Å². The Balaban J connectivity index is 2.17. The topological polar surface area (TPSA) is 75.3 Å². The fourth-order valence-electron chi connectivity index (χ4n) is 1.92. The zero-order chi connectivity index (χ0) is 17.0. The SMILES string of the molecule is CC(C)[C@H](NS(=O)(=O)c1cccs1)C(=O)Nc1cccc(Cl)c1. The normalized spacial score (nSPS) is 13.0. The van der Waals surface area contributed by atoms with Gasteiger partial charge in [0.05, 0.1) is 0 Å². The predicted molar refractivity (Wildman–Crippen MR) is 93.3 cm³/mol. The van der Waals surface area contributed by atoms with Crippen LogP contribution in [0.5, 0.6) is 0 Å². The lowest BCUT2D eigenvalue weighted by Crippen LogP contribution is -2.46. The Labute approximate surface area is 144 Å². The predicted octanol–water partition coefficient (Wildman–Crippen LogP) is 3.34. The van der Waals surface area contributed by atoms with Crippen molar-refractivity contribution in [3.63, 3.8) is 0 Å². The van der Waals surface area contributed by atoms with Crippen molar-refractivity contribution in [2.75, 3.05) is 5.32 Å². The number of amides is 1. The zero-order valence-corrected chi connectivity index (χ0v) is 15.0. The molecule has 0 bridgehead atoms. The summed E-state index contributed by atoms with van der Waals surface area (Å²) in [4.78, 5) is 12.4. The lowest BCUT2D eigenvalue weighted by Gasteiger charge is -2.21. The van der Waals surface area contributed by atoms with Gasteiger partial charge in [0.2, 0.25) is 5.91 Å². The minimum Gasteiger partial charge on any atom is -0.325 e. The van der Waals surface area contributed by atoms with E-state index in [9.17, 15) is 13.2 Å². The maximum absolute atomic E-state index is 12.4. The Bertz CT molecular complexity index is 774. The first-order valence-corrected chi connectivity index (χ1v) is 9.66. The van der Waals surface area contributed by atoms with Crippen LogP contribution >= 0.6 is 22.9 Å². The molecule has 0 aliphatic rings. The molecule has 8 heteroatoms. The van der Waals surface area contributed by atoms with Gasteiger partial charge in [-0.2, -0.15) is 4.72 Å². The first-order chi connectivity index (χ1) is 10.8. The number of hydrogen-bond acceptors (Lipinski definition) is 4. The molecule has 0 unspecified atom stereocenters. The summed E-state index contributed by atoms with van der Waals surface area (Å²) < 4.78 is 27.3. The molecule has 124 valence electrons. The van der Waals surface area contributed by atoms with Gasteiger partial charge in [0, 0.05) is 10.7 Å². The van der Waals surface area contributed by atoms with Gasteiger partial charge >= 0.3 is 0 Å². The van der Waals surface area contributed by atoms with Crippen molar-refractivity contribution in [2.24, 2.45) is 5.92 Å². The Hall–Kier alpha value is -1.41. The second-order valence-corrected chi connectivity index (χ2v) is 8.60. The molecule has 1 heterocycles. The number of carbonyl (C=O) groups excluding carboxylic acids is 1. The summed E-state index contributed by atoms with van der Waals surface area (Å²) in [7, 11) is -3.73. The molecule has 2 aromatic rings. The largest absolute Gasteiger partial charge is 0.325 e. The molecular formula is C15H17ClN2O3S2. The highest BCUT2D eigenvalue weighted by Gasteiger charge is 2.28. The second kappa shape index (κ2) is 7.44. The smallest absolute Gasteiger partial charge is 0.250 e. The number of thiophene rings is 1. The summed E-state index contributed by atoms with van der Waals surface area (Å²) in [5.41, 5.74) is 0.517. The quantitative estimate of drug-likeness (QED) is 0.816. The van der Waals surface area contributed by atoms with E-state index in [1.54, 1.807) is 49.6 Å². The van der Waals surface area contributed by atoms with Gasteiger partial charge in [-0.15, -0.1) is 11.3 Å². The summed E-state index contributed by atoms with van der Waals surface area (Å²) in [6.45, 7) is 3.55. The van der Waals surface area contributed by atoms with E-state index in [2.05, 4.69) is 10.0 Å². The molecule has 2 N–H and O–H groups in total. The molecule has 0 saturated carbocycles. The van der Waals surface area contributed by atoms with Crippen LogP contribution in [0.25, 0.3) is 0 Å². The van der Waals surface area contributed by atoms with Crippen LogP contribution < -0.4 is 10.0 Å². The first-order valence-electron chi connectivity index (χ1n) is 6.92. The monoisotopic (exact) mass is 372 g/mol. The summed E-state index contributed by atoms with van der Waals surface area (Å²) in [6, 6.07) is 8.95. The minimum atomic E-state index is -3.73. The Kier molecular flexibility index (Phi) is 5.80. The highest BCUT2D eigenvalue weighted by atomic mass is 35.5. The van der Waals surface area contributed by atoms with Crippen LogP contribution in [-0.2, 0) is 14.8 Å². The summed E-state index contributed by atoms with van der Waals surface area (Å²) >= 11 is 6.98. The van der Waals surface area contributed by atoms with Crippen molar-refractivity contribution >= 4 is 44.6 Å². The lowest BCUT2D eigenvalue weighted by atomic mass is 10.0. The van der Waals surface area contributed by atoms with Crippen LogP contribution in [0.2, 0.25) is 5.02 Å². The standard InChI is InChI=1S/C15H17ClN2O3S2/c1-10(2)14(18-23(20,21)13-7-4-8-22-13)15(19)17-12-6-3-5-11(16)9-12/h3-10,14,18H,1-2H3,(H,17,19)/t14-/m0/s1. The van der Waals surface area contributed by atoms with Crippen molar-refractivity contribution in [3.05, 3.63) is 46.8 Å². The number of sulfonamides is 1. The van der Waals surface area contributed by atoms with Gasteiger partial charge in [-0.25, -0.2) is 8.42 Å². The zero-order valence-electron chi connectivity index (χ0n) is 12.6. The molecular weight excluding hydrogens is 356 g/mol. The summed E-state index contributed by atoms with van der Waals surface area (Å²) in [6.07, 6.45) is 0. The number of anilines is 1. The van der Waals surface area contributed by atoms with Gasteiger partial charge in [0.1, 0.15) is 10.3 Å². The molecule has 23 heavy (non-hydrogen) atoms. The van der Waals surface area contributed by atoms with E-state index in [4.69, 9.17) is 11.6 Å². The fourth-order valence-corrected chi connectivity index (χ4v) is 4.46. The average Bonchev–Trinajstić information content (AvgIpc) is 2.99. The third kappa shape index (κ3) is 4.78.